The number of amides is 2. The van der Waals surface area contributed by atoms with E-state index in [9.17, 15) is 32.3 Å². The van der Waals surface area contributed by atoms with Crippen molar-refractivity contribution in [1.29, 1.82) is 0 Å². The Balaban J connectivity index is 2.36. The number of carboxylic acid groups (broad SMARTS) is 1. The van der Waals surface area contributed by atoms with Gasteiger partial charge >= 0.3 is 12.1 Å². The van der Waals surface area contributed by atoms with Gasteiger partial charge in [0.15, 0.2) is 0 Å². The Morgan fingerprint density at radius 2 is 1.81 bits per heavy atom. The van der Waals surface area contributed by atoms with Gasteiger partial charge in [-0.3, -0.25) is 10.1 Å². The maximum absolute atomic E-state index is 14.8. The van der Waals surface area contributed by atoms with Gasteiger partial charge in [0.25, 0.3) is 0 Å². The van der Waals surface area contributed by atoms with E-state index in [1.165, 1.54) is 12.1 Å². The lowest BCUT2D eigenvalue weighted by Crippen LogP contribution is -2.45. The number of nitrogens with one attached hydrogen (secondary N) is 1. The molecular formula is C21H27FN2O7S. The molecule has 9 nitrogen and oxygen atoms in total. The van der Waals surface area contributed by atoms with Gasteiger partial charge < -0.3 is 9.84 Å². The smallest absolute Gasteiger partial charge is 0.412 e. The van der Waals surface area contributed by atoms with Crippen molar-refractivity contribution in [2.45, 2.75) is 64.4 Å². The SMILES string of the molecule is CC(C)(C)OC(=O)N/C(=C\c1ccc(C2CC(=O)N(C(C)(C)C)S2(=O)=O)c(F)c1)C(=O)O. The molecule has 0 saturated carbocycles. The molecule has 0 bridgehead atoms. The van der Waals surface area contributed by atoms with Crippen LogP contribution in [0.15, 0.2) is 23.9 Å². The number of sulfonamides is 1. The summed E-state index contributed by atoms with van der Waals surface area (Å²) >= 11 is 0. The maximum Gasteiger partial charge on any atom is 0.412 e. The topological polar surface area (TPSA) is 130 Å². The first-order chi connectivity index (χ1) is 14.4. The lowest BCUT2D eigenvalue weighted by atomic mass is 10.0. The van der Waals surface area contributed by atoms with Crippen LogP contribution in [0, 0.1) is 5.82 Å². The van der Waals surface area contributed by atoms with E-state index in [0.29, 0.717) is 0 Å². The minimum Gasteiger partial charge on any atom is -0.477 e. The Morgan fingerprint density at radius 3 is 2.25 bits per heavy atom. The quantitative estimate of drug-likeness (QED) is 0.646. The van der Waals surface area contributed by atoms with Crippen molar-refractivity contribution in [3.8, 4) is 0 Å². The number of alkyl carbamates (subject to hydrolysis) is 1. The summed E-state index contributed by atoms with van der Waals surface area (Å²) in [6.07, 6.45) is -0.387. The Hall–Kier alpha value is -2.95. The van der Waals surface area contributed by atoms with E-state index < -0.39 is 62.3 Å². The third-order valence-corrected chi connectivity index (χ3v) is 6.76. The molecule has 2 amide bonds. The second-order valence-electron chi connectivity index (χ2n) is 9.34. The minimum absolute atomic E-state index is 0.0640. The highest BCUT2D eigenvalue weighted by molar-refractivity contribution is 7.90. The van der Waals surface area contributed by atoms with Gasteiger partial charge in [0.2, 0.25) is 15.9 Å². The zero-order chi connectivity index (χ0) is 24.6. The van der Waals surface area contributed by atoms with Gasteiger partial charge in [-0.05, 0) is 59.2 Å². The van der Waals surface area contributed by atoms with Crippen molar-refractivity contribution in [3.05, 3.63) is 40.8 Å². The molecule has 1 saturated heterocycles. The predicted octanol–water partition coefficient (Wildman–Crippen LogP) is 3.18. The average molecular weight is 471 g/mol. The first-order valence-corrected chi connectivity index (χ1v) is 11.3. The zero-order valence-electron chi connectivity index (χ0n) is 18.7. The summed E-state index contributed by atoms with van der Waals surface area (Å²) in [6.45, 7) is 9.52. The molecule has 2 N–H and O–H groups in total. The maximum atomic E-state index is 14.8. The van der Waals surface area contributed by atoms with Crippen molar-refractivity contribution in [2.24, 2.45) is 0 Å². The van der Waals surface area contributed by atoms with Crippen molar-refractivity contribution in [3.63, 3.8) is 0 Å². The molecule has 1 fully saturated rings. The monoisotopic (exact) mass is 470 g/mol. The predicted molar refractivity (Wildman–Crippen MR) is 114 cm³/mol. The molecule has 1 aromatic carbocycles. The summed E-state index contributed by atoms with van der Waals surface area (Å²) in [6, 6.07) is 3.43. The van der Waals surface area contributed by atoms with Gasteiger partial charge in [-0.2, -0.15) is 0 Å². The molecule has 0 aromatic heterocycles. The van der Waals surface area contributed by atoms with Gasteiger partial charge in [-0.15, -0.1) is 0 Å². The number of aliphatic carboxylic acids is 1. The van der Waals surface area contributed by atoms with Crippen molar-refractivity contribution >= 4 is 34.1 Å². The third-order valence-electron chi connectivity index (χ3n) is 4.36. The standard InChI is InChI=1S/C21H27FN2O7S/c1-20(2,3)24-17(25)11-16(32(24,29)30)13-8-7-12(9-14(13)22)10-15(18(26)27)23-19(28)31-21(4,5)6/h7-10,16H,11H2,1-6H3,(H,23,28)(H,26,27)/b15-10-. The first kappa shape index (κ1) is 25.3. The minimum atomic E-state index is -4.13. The van der Waals surface area contributed by atoms with E-state index >= 15 is 0 Å². The van der Waals surface area contributed by atoms with Crippen LogP contribution in [0.5, 0.6) is 0 Å². The molecule has 1 aromatic rings. The summed E-state index contributed by atoms with van der Waals surface area (Å²) in [4.78, 5) is 35.6. The van der Waals surface area contributed by atoms with Crippen LogP contribution in [0.4, 0.5) is 9.18 Å². The van der Waals surface area contributed by atoms with Crippen molar-refractivity contribution in [2.75, 3.05) is 0 Å². The summed E-state index contributed by atoms with van der Waals surface area (Å²) in [7, 11) is -4.13. The van der Waals surface area contributed by atoms with E-state index in [4.69, 9.17) is 4.74 Å². The van der Waals surface area contributed by atoms with Gasteiger partial charge in [0.05, 0.1) is 12.0 Å². The van der Waals surface area contributed by atoms with E-state index in [-0.39, 0.29) is 11.1 Å². The number of carbonyl (C=O) groups excluding carboxylic acids is 2. The van der Waals surface area contributed by atoms with E-state index in [2.05, 4.69) is 5.32 Å². The van der Waals surface area contributed by atoms with Crippen LogP contribution < -0.4 is 5.32 Å². The largest absolute Gasteiger partial charge is 0.477 e. The molecule has 0 radical (unpaired) electrons. The normalized spacial score (nSPS) is 19.1. The number of carboxylic acids is 1. The number of benzene rings is 1. The van der Waals surface area contributed by atoms with Crippen molar-refractivity contribution in [1.82, 2.24) is 9.62 Å². The molecule has 1 heterocycles. The molecule has 0 aliphatic carbocycles. The fraction of sp³-hybridized carbons (Fsp3) is 0.476. The number of ether oxygens (including phenoxy) is 1. The molecule has 0 spiro atoms. The fourth-order valence-corrected chi connectivity index (χ4v) is 5.51. The highest BCUT2D eigenvalue weighted by Crippen LogP contribution is 2.41. The highest BCUT2D eigenvalue weighted by Gasteiger charge is 2.50. The highest BCUT2D eigenvalue weighted by atomic mass is 32.2. The van der Waals surface area contributed by atoms with E-state index in [1.807, 2.05) is 0 Å². The Bertz CT molecular complexity index is 1080. The molecule has 1 aliphatic rings. The van der Waals surface area contributed by atoms with E-state index in [0.717, 1.165) is 16.4 Å². The lowest BCUT2D eigenvalue weighted by Gasteiger charge is -2.30. The third kappa shape index (κ3) is 5.64. The second kappa shape index (κ2) is 8.53. The van der Waals surface area contributed by atoms with Gasteiger partial charge in [0.1, 0.15) is 22.4 Å². The summed E-state index contributed by atoms with van der Waals surface area (Å²) in [5.74, 6) is -3.02. The number of hydrogen-bond donors (Lipinski definition) is 2. The van der Waals surface area contributed by atoms with Crippen LogP contribution in [0.2, 0.25) is 0 Å². The van der Waals surface area contributed by atoms with Crippen LogP contribution in [0.3, 0.4) is 0 Å². The molecule has 1 aliphatic heterocycles. The van der Waals surface area contributed by atoms with Crippen LogP contribution in [-0.2, 0) is 24.3 Å². The number of carbonyl (C=O) groups is 3. The van der Waals surface area contributed by atoms with Crippen LogP contribution in [0.25, 0.3) is 6.08 Å². The molecule has 176 valence electrons. The Morgan fingerprint density at radius 1 is 1.22 bits per heavy atom. The Labute approximate surface area is 186 Å². The molecule has 1 unspecified atom stereocenters. The van der Waals surface area contributed by atoms with E-state index in [1.54, 1.807) is 41.5 Å². The van der Waals surface area contributed by atoms with Gasteiger partial charge in [-0.25, -0.2) is 26.7 Å². The fourth-order valence-electron chi connectivity index (χ4n) is 3.27. The molecule has 11 heteroatoms. The number of rotatable bonds is 4. The second-order valence-corrected chi connectivity index (χ2v) is 11.3. The summed E-state index contributed by atoms with van der Waals surface area (Å²) in [5.41, 5.74) is -2.54. The molecule has 32 heavy (non-hydrogen) atoms. The lowest BCUT2D eigenvalue weighted by molar-refractivity contribution is -0.133. The van der Waals surface area contributed by atoms with Gasteiger partial charge in [-0.1, -0.05) is 12.1 Å². The zero-order valence-corrected chi connectivity index (χ0v) is 19.5. The van der Waals surface area contributed by atoms with Crippen LogP contribution in [0.1, 0.15) is 64.3 Å². The average Bonchev–Trinajstić information content (AvgIpc) is 2.81. The number of nitrogens with zero attached hydrogens (tertiary/aromatic N) is 1. The Kier molecular flexibility index (Phi) is 6.75. The number of halogens is 1. The summed E-state index contributed by atoms with van der Waals surface area (Å²) in [5, 5.41) is 10.0. The summed E-state index contributed by atoms with van der Waals surface area (Å²) < 4.78 is 46.4. The van der Waals surface area contributed by atoms with Gasteiger partial charge in [0, 0.05) is 5.56 Å². The molecule has 2 rings (SSSR count). The van der Waals surface area contributed by atoms with Crippen LogP contribution >= 0.6 is 0 Å². The molecular weight excluding hydrogens is 443 g/mol. The number of hydrogen-bond acceptors (Lipinski definition) is 6. The first-order valence-electron chi connectivity index (χ1n) is 9.75. The van der Waals surface area contributed by atoms with Crippen molar-refractivity contribution < 1.29 is 37.0 Å². The van der Waals surface area contributed by atoms with Crippen LogP contribution in [-0.4, -0.2) is 46.9 Å². The molecule has 1 atom stereocenters.